The van der Waals surface area contributed by atoms with Crippen molar-refractivity contribution in [1.29, 1.82) is 0 Å². The highest BCUT2D eigenvalue weighted by Gasteiger charge is 2.12. The van der Waals surface area contributed by atoms with Crippen molar-refractivity contribution in [3.05, 3.63) is 182 Å². The van der Waals surface area contributed by atoms with Crippen LogP contribution in [0.3, 0.4) is 0 Å². The lowest BCUT2D eigenvalue weighted by atomic mass is 9.96. The maximum Gasteiger partial charge on any atom is 0.0970 e. The molecule has 4 aromatic heterocycles. The molecule has 0 bridgehead atoms. The molecule has 0 unspecified atom stereocenters. The van der Waals surface area contributed by atoms with E-state index < -0.39 is 0 Å². The first-order chi connectivity index (χ1) is 25.7. The maximum atomic E-state index is 5.06. The molecule has 0 saturated carbocycles. The third-order valence-electron chi connectivity index (χ3n) is 9.93. The largest absolute Gasteiger partial charge is 0.254 e. The highest BCUT2D eigenvalue weighted by molar-refractivity contribution is 6.10. The van der Waals surface area contributed by atoms with Gasteiger partial charge in [0, 0.05) is 45.1 Å². The van der Waals surface area contributed by atoms with Crippen molar-refractivity contribution in [3.63, 3.8) is 0 Å². The summed E-state index contributed by atoms with van der Waals surface area (Å²) in [6.45, 7) is 0. The molecular weight excluding hydrogens is 633 g/mol. The van der Waals surface area contributed by atoms with Gasteiger partial charge in [-0.2, -0.15) is 0 Å². The quantitative estimate of drug-likeness (QED) is 0.172. The molecule has 6 aromatic carbocycles. The predicted octanol–water partition coefficient (Wildman–Crippen LogP) is 12.2. The monoisotopic (exact) mass is 662 g/mol. The number of pyridine rings is 4. The first-order valence-corrected chi connectivity index (χ1v) is 17.4. The number of fused-ring (bicyclic) bond motifs is 5. The second-order valence-corrected chi connectivity index (χ2v) is 13.1. The molecule has 10 rings (SSSR count). The van der Waals surface area contributed by atoms with E-state index in [9.17, 15) is 0 Å². The molecule has 4 nitrogen and oxygen atoms in total. The van der Waals surface area contributed by atoms with Crippen LogP contribution in [0.25, 0.3) is 99.5 Å². The number of benzene rings is 6. The summed E-state index contributed by atoms with van der Waals surface area (Å²) < 4.78 is 0. The van der Waals surface area contributed by atoms with Crippen LogP contribution in [-0.4, -0.2) is 19.9 Å². The molecule has 242 valence electrons. The standard InChI is InChI=1S/C48H30N4/c1-2-7-31(8-3-1)34-9-4-10-37(27-34)44-24-20-39-29-36(18-22-46(39)52-44)35-17-21-45-38(28-35)19-23-43(51-45)33-15-13-32(14-16-33)42-30-40-11-5-25-49-47(40)48-41(42)12-6-26-50-48/h1-30H. The van der Waals surface area contributed by atoms with Crippen molar-refractivity contribution < 1.29 is 0 Å². The predicted molar refractivity (Wildman–Crippen MR) is 215 cm³/mol. The Morgan fingerprint density at radius 3 is 1.62 bits per heavy atom. The van der Waals surface area contributed by atoms with E-state index in [0.717, 1.165) is 88.4 Å². The summed E-state index contributed by atoms with van der Waals surface area (Å²) in [5, 5.41) is 4.40. The molecule has 0 aliphatic heterocycles. The van der Waals surface area contributed by atoms with Crippen LogP contribution in [-0.2, 0) is 0 Å². The molecule has 0 aliphatic rings. The topological polar surface area (TPSA) is 51.6 Å². The zero-order chi connectivity index (χ0) is 34.4. The minimum Gasteiger partial charge on any atom is -0.254 e. The zero-order valence-corrected chi connectivity index (χ0v) is 28.1. The van der Waals surface area contributed by atoms with Crippen molar-refractivity contribution in [2.24, 2.45) is 0 Å². The van der Waals surface area contributed by atoms with Gasteiger partial charge in [-0.1, -0.05) is 109 Å². The third kappa shape index (κ3) is 5.34. The van der Waals surface area contributed by atoms with Crippen molar-refractivity contribution in [1.82, 2.24) is 19.9 Å². The van der Waals surface area contributed by atoms with Crippen LogP contribution in [0.15, 0.2) is 182 Å². The lowest BCUT2D eigenvalue weighted by Gasteiger charge is -2.11. The number of nitrogens with zero attached hydrogens (tertiary/aromatic N) is 4. The molecule has 0 atom stereocenters. The molecule has 4 heteroatoms. The van der Waals surface area contributed by atoms with Crippen LogP contribution < -0.4 is 0 Å². The van der Waals surface area contributed by atoms with E-state index in [4.69, 9.17) is 9.97 Å². The number of rotatable bonds is 5. The molecule has 4 heterocycles. The van der Waals surface area contributed by atoms with Crippen molar-refractivity contribution in [2.45, 2.75) is 0 Å². The molecule has 0 spiro atoms. The van der Waals surface area contributed by atoms with E-state index in [-0.39, 0.29) is 0 Å². The molecule has 52 heavy (non-hydrogen) atoms. The molecule has 0 aliphatic carbocycles. The van der Waals surface area contributed by atoms with Gasteiger partial charge >= 0.3 is 0 Å². The fraction of sp³-hybridized carbons (Fsp3) is 0. The van der Waals surface area contributed by atoms with Crippen LogP contribution in [0.5, 0.6) is 0 Å². The van der Waals surface area contributed by atoms with Gasteiger partial charge in [-0.25, -0.2) is 9.97 Å². The van der Waals surface area contributed by atoms with Crippen molar-refractivity contribution >= 4 is 43.6 Å². The maximum absolute atomic E-state index is 5.06. The molecule has 0 amide bonds. The van der Waals surface area contributed by atoms with Gasteiger partial charge in [-0.3, -0.25) is 9.97 Å². The Balaban J connectivity index is 0.921. The highest BCUT2D eigenvalue weighted by Crippen LogP contribution is 2.35. The second kappa shape index (κ2) is 12.4. The van der Waals surface area contributed by atoms with Crippen LogP contribution in [0, 0.1) is 0 Å². The number of hydrogen-bond donors (Lipinski definition) is 0. The zero-order valence-electron chi connectivity index (χ0n) is 28.1. The molecule has 0 saturated heterocycles. The summed E-state index contributed by atoms with van der Waals surface area (Å²) in [4.78, 5) is 19.4. The Bertz CT molecular complexity index is 2950. The SMILES string of the molecule is c1ccc(-c2cccc(-c3ccc4cc(-c5ccc6nc(-c7ccc(-c8cc9cccnc9c9ncccc89)cc7)ccc6c5)ccc4n3)c2)cc1. The molecule has 10 aromatic rings. The van der Waals surface area contributed by atoms with E-state index >= 15 is 0 Å². The van der Waals surface area contributed by atoms with Crippen LogP contribution in [0.2, 0.25) is 0 Å². The van der Waals surface area contributed by atoms with Crippen molar-refractivity contribution in [3.8, 4) is 55.9 Å². The minimum atomic E-state index is 0.922. The normalized spacial score (nSPS) is 11.5. The molecule has 0 radical (unpaired) electrons. The van der Waals surface area contributed by atoms with Crippen LogP contribution in [0.1, 0.15) is 0 Å². The van der Waals surface area contributed by atoms with Crippen LogP contribution >= 0.6 is 0 Å². The smallest absolute Gasteiger partial charge is 0.0970 e. The Morgan fingerprint density at radius 2 is 0.885 bits per heavy atom. The first kappa shape index (κ1) is 29.8. The lowest BCUT2D eigenvalue weighted by Crippen LogP contribution is -1.90. The van der Waals surface area contributed by atoms with Gasteiger partial charge in [-0.05, 0) is 94.0 Å². The Hall–Kier alpha value is -7.04. The van der Waals surface area contributed by atoms with E-state index in [1.807, 2.05) is 30.6 Å². The summed E-state index contributed by atoms with van der Waals surface area (Å²) in [5.74, 6) is 0. The van der Waals surface area contributed by atoms with Gasteiger partial charge in [0.05, 0.1) is 33.5 Å². The highest BCUT2D eigenvalue weighted by atomic mass is 14.7. The van der Waals surface area contributed by atoms with Gasteiger partial charge in [0.2, 0.25) is 0 Å². The Labute approximate surface area is 300 Å². The van der Waals surface area contributed by atoms with Gasteiger partial charge in [0.15, 0.2) is 0 Å². The average Bonchev–Trinajstić information content (AvgIpc) is 3.23. The number of hydrogen-bond acceptors (Lipinski definition) is 4. The summed E-state index contributed by atoms with van der Waals surface area (Å²) in [6, 6.07) is 59.7. The summed E-state index contributed by atoms with van der Waals surface area (Å²) in [7, 11) is 0. The van der Waals surface area contributed by atoms with Gasteiger partial charge in [-0.15, -0.1) is 0 Å². The fourth-order valence-corrected chi connectivity index (χ4v) is 7.26. The third-order valence-corrected chi connectivity index (χ3v) is 9.93. The van der Waals surface area contributed by atoms with E-state index in [2.05, 4.69) is 162 Å². The van der Waals surface area contributed by atoms with Gasteiger partial charge in [0.25, 0.3) is 0 Å². The van der Waals surface area contributed by atoms with E-state index in [1.165, 1.54) is 11.1 Å². The molecule has 0 fully saturated rings. The fourth-order valence-electron chi connectivity index (χ4n) is 7.26. The first-order valence-electron chi connectivity index (χ1n) is 17.4. The van der Waals surface area contributed by atoms with E-state index in [0.29, 0.717) is 0 Å². The minimum absolute atomic E-state index is 0.922. The van der Waals surface area contributed by atoms with E-state index in [1.54, 1.807) is 0 Å². The Morgan fingerprint density at radius 1 is 0.308 bits per heavy atom. The molecular formula is C48H30N4. The summed E-state index contributed by atoms with van der Waals surface area (Å²) in [5.41, 5.74) is 14.9. The van der Waals surface area contributed by atoms with Gasteiger partial charge < -0.3 is 0 Å². The van der Waals surface area contributed by atoms with Crippen molar-refractivity contribution in [2.75, 3.05) is 0 Å². The number of aromatic nitrogens is 4. The average molecular weight is 663 g/mol. The Kier molecular flexibility index (Phi) is 7.10. The van der Waals surface area contributed by atoms with Gasteiger partial charge in [0.1, 0.15) is 0 Å². The second-order valence-electron chi connectivity index (χ2n) is 13.1. The molecule has 0 N–H and O–H groups in total. The summed E-state index contributed by atoms with van der Waals surface area (Å²) >= 11 is 0. The van der Waals surface area contributed by atoms with Crippen LogP contribution in [0.4, 0.5) is 0 Å². The lowest BCUT2D eigenvalue weighted by molar-refractivity contribution is 1.37. The summed E-state index contributed by atoms with van der Waals surface area (Å²) in [6.07, 6.45) is 3.66.